The van der Waals surface area contributed by atoms with Crippen LogP contribution < -0.4 is 4.74 Å². The van der Waals surface area contributed by atoms with Crippen molar-refractivity contribution in [2.24, 2.45) is 5.92 Å². The summed E-state index contributed by atoms with van der Waals surface area (Å²) in [6.45, 7) is 4.71. The average Bonchev–Trinajstić information content (AvgIpc) is 2.90. The number of hydrogen-bond donors (Lipinski definition) is 0. The van der Waals surface area contributed by atoms with E-state index in [1.54, 1.807) is 10.5 Å². The summed E-state index contributed by atoms with van der Waals surface area (Å²) in [5.41, 5.74) is 0. The van der Waals surface area contributed by atoms with Gasteiger partial charge in [0.1, 0.15) is 12.2 Å². The van der Waals surface area contributed by atoms with Crippen molar-refractivity contribution in [2.45, 2.75) is 44.9 Å². The molecule has 2 heterocycles. The van der Waals surface area contributed by atoms with E-state index in [2.05, 4.69) is 4.98 Å². The van der Waals surface area contributed by atoms with Crippen molar-refractivity contribution in [2.75, 3.05) is 18.9 Å². The highest BCUT2D eigenvalue weighted by atomic mass is 32.2. The van der Waals surface area contributed by atoms with Gasteiger partial charge in [-0.1, -0.05) is 19.9 Å². The Hall–Kier alpha value is -1.18. The van der Waals surface area contributed by atoms with E-state index in [1.165, 1.54) is 0 Å². The van der Waals surface area contributed by atoms with Crippen LogP contribution in [0.25, 0.3) is 0 Å². The summed E-state index contributed by atoms with van der Waals surface area (Å²) in [5, 5.41) is 0. The van der Waals surface area contributed by atoms with Crippen molar-refractivity contribution in [3.63, 3.8) is 0 Å². The van der Waals surface area contributed by atoms with Gasteiger partial charge in [-0.2, -0.15) is 4.31 Å². The third-order valence-corrected chi connectivity index (χ3v) is 6.55. The van der Waals surface area contributed by atoms with E-state index in [-0.39, 0.29) is 29.9 Å². The monoisotopic (exact) mass is 340 g/mol. The Morgan fingerprint density at radius 2 is 2.22 bits per heavy atom. The van der Waals surface area contributed by atoms with Crippen LogP contribution in [0, 0.1) is 5.92 Å². The van der Waals surface area contributed by atoms with Gasteiger partial charge in [0.15, 0.2) is 0 Å². The Bertz CT molecular complexity index is 620. The van der Waals surface area contributed by atoms with E-state index in [9.17, 15) is 8.42 Å². The molecule has 0 unspecified atom stereocenters. The highest BCUT2D eigenvalue weighted by Crippen LogP contribution is 2.34. The second-order valence-electron chi connectivity index (χ2n) is 6.59. The van der Waals surface area contributed by atoms with E-state index in [0.717, 1.165) is 12.8 Å². The molecule has 0 spiro atoms. The highest BCUT2D eigenvalue weighted by molar-refractivity contribution is 7.89. The smallest absolute Gasteiger partial charge is 0.214 e. The first-order valence-electron chi connectivity index (χ1n) is 8.16. The van der Waals surface area contributed by atoms with Crippen LogP contribution in [0.1, 0.15) is 26.7 Å². The van der Waals surface area contributed by atoms with E-state index < -0.39 is 10.0 Å². The predicted molar refractivity (Wildman–Crippen MR) is 86.7 cm³/mol. The molecule has 3 rings (SSSR count). The first-order chi connectivity index (χ1) is 11.0. The van der Waals surface area contributed by atoms with E-state index in [1.807, 2.05) is 32.0 Å². The molecule has 1 aromatic heterocycles. The topological polar surface area (TPSA) is 68.7 Å². The molecule has 2 aliphatic rings. The van der Waals surface area contributed by atoms with Crippen LogP contribution in [0.2, 0.25) is 0 Å². The summed E-state index contributed by atoms with van der Waals surface area (Å²) in [6, 6.07) is 5.39. The minimum atomic E-state index is -3.25. The molecule has 1 aromatic rings. The lowest BCUT2D eigenvalue weighted by molar-refractivity contribution is -0.0668. The summed E-state index contributed by atoms with van der Waals surface area (Å²) in [5.74, 6) is 0.856. The van der Waals surface area contributed by atoms with Crippen molar-refractivity contribution >= 4 is 10.0 Å². The number of fused-ring (bicyclic) bond motifs is 1. The number of morpholine rings is 1. The van der Waals surface area contributed by atoms with Crippen LogP contribution in [-0.2, 0) is 14.8 Å². The molecule has 1 aliphatic carbocycles. The van der Waals surface area contributed by atoms with Gasteiger partial charge in [0, 0.05) is 18.8 Å². The van der Waals surface area contributed by atoms with Gasteiger partial charge in [-0.3, -0.25) is 0 Å². The second kappa shape index (κ2) is 6.75. The zero-order valence-corrected chi connectivity index (χ0v) is 14.4. The number of rotatable bonds is 5. The van der Waals surface area contributed by atoms with Gasteiger partial charge in [-0.15, -0.1) is 0 Å². The van der Waals surface area contributed by atoms with Crippen LogP contribution in [-0.4, -0.2) is 54.9 Å². The summed E-state index contributed by atoms with van der Waals surface area (Å²) in [7, 11) is -3.25. The van der Waals surface area contributed by atoms with Crippen LogP contribution in [0.5, 0.6) is 5.88 Å². The van der Waals surface area contributed by atoms with Gasteiger partial charge in [0.25, 0.3) is 0 Å². The van der Waals surface area contributed by atoms with Crippen molar-refractivity contribution in [3.05, 3.63) is 24.4 Å². The van der Waals surface area contributed by atoms with E-state index in [0.29, 0.717) is 19.0 Å². The van der Waals surface area contributed by atoms with Crippen LogP contribution >= 0.6 is 0 Å². The van der Waals surface area contributed by atoms with Crippen molar-refractivity contribution in [1.82, 2.24) is 9.29 Å². The van der Waals surface area contributed by atoms with Crippen molar-refractivity contribution in [1.29, 1.82) is 0 Å². The number of ether oxygens (including phenoxy) is 2. The Morgan fingerprint density at radius 3 is 2.91 bits per heavy atom. The number of hydrogen-bond acceptors (Lipinski definition) is 5. The van der Waals surface area contributed by atoms with Crippen molar-refractivity contribution in [3.8, 4) is 5.88 Å². The molecule has 3 atom stereocenters. The normalized spacial score (nSPS) is 28.7. The second-order valence-corrected chi connectivity index (χ2v) is 8.55. The maximum Gasteiger partial charge on any atom is 0.214 e. The fourth-order valence-electron chi connectivity index (χ4n) is 3.44. The molecule has 6 nitrogen and oxygen atoms in total. The van der Waals surface area contributed by atoms with Crippen LogP contribution in [0.4, 0.5) is 0 Å². The molecule has 1 saturated heterocycles. The zero-order chi connectivity index (χ0) is 16.4. The van der Waals surface area contributed by atoms with Crippen LogP contribution in [0.3, 0.4) is 0 Å². The van der Waals surface area contributed by atoms with E-state index >= 15 is 0 Å². The maximum atomic E-state index is 12.6. The third-order valence-electron chi connectivity index (χ3n) is 4.30. The largest absolute Gasteiger partial charge is 0.472 e. The standard InChI is InChI=1S/C16H24N2O4S/c1-12(2)11-23(19,20)18-9-10-21-16-13(18)6-7-14(16)22-15-5-3-4-8-17-15/h3-5,8,12-14,16H,6-7,9-11H2,1-2H3/t13-,14-,16+/m0/s1. The molecule has 128 valence electrons. The molecule has 2 fully saturated rings. The lowest BCUT2D eigenvalue weighted by Gasteiger charge is -2.38. The summed E-state index contributed by atoms with van der Waals surface area (Å²) >= 11 is 0. The minimum absolute atomic E-state index is 0.114. The number of aromatic nitrogens is 1. The molecule has 0 bridgehead atoms. The molecule has 1 aliphatic heterocycles. The quantitative estimate of drug-likeness (QED) is 0.816. The minimum Gasteiger partial charge on any atom is -0.472 e. The molecule has 7 heteroatoms. The number of pyridine rings is 1. The Kier molecular flexibility index (Phi) is 4.89. The maximum absolute atomic E-state index is 12.6. The molecule has 0 amide bonds. The highest BCUT2D eigenvalue weighted by Gasteiger charge is 2.47. The SMILES string of the molecule is CC(C)CS(=O)(=O)N1CCO[C@H]2[C@@H](Oc3ccccn3)CC[C@@H]21. The fraction of sp³-hybridized carbons (Fsp3) is 0.688. The fourth-order valence-corrected chi connectivity index (χ4v) is 5.47. The van der Waals surface area contributed by atoms with Gasteiger partial charge in [-0.05, 0) is 24.8 Å². The number of nitrogens with zero attached hydrogens (tertiary/aromatic N) is 2. The van der Waals surface area contributed by atoms with Gasteiger partial charge in [0.05, 0.1) is 18.4 Å². The van der Waals surface area contributed by atoms with Crippen molar-refractivity contribution < 1.29 is 17.9 Å². The predicted octanol–water partition coefficient (Wildman–Crippen LogP) is 1.68. The molecular weight excluding hydrogens is 316 g/mol. The van der Waals surface area contributed by atoms with E-state index in [4.69, 9.17) is 9.47 Å². The first-order valence-corrected chi connectivity index (χ1v) is 9.77. The molecule has 0 aromatic carbocycles. The zero-order valence-electron chi connectivity index (χ0n) is 13.6. The summed E-state index contributed by atoms with van der Waals surface area (Å²) in [6.07, 6.45) is 2.86. The molecule has 1 saturated carbocycles. The Balaban J connectivity index is 1.73. The summed E-state index contributed by atoms with van der Waals surface area (Å²) < 4.78 is 38.7. The van der Waals surface area contributed by atoms with Gasteiger partial charge in [0.2, 0.25) is 15.9 Å². The Labute approximate surface area is 137 Å². The van der Waals surface area contributed by atoms with Gasteiger partial charge >= 0.3 is 0 Å². The van der Waals surface area contributed by atoms with Gasteiger partial charge in [-0.25, -0.2) is 13.4 Å². The summed E-state index contributed by atoms with van der Waals surface area (Å²) in [4.78, 5) is 4.18. The average molecular weight is 340 g/mol. The number of sulfonamides is 1. The molecule has 0 N–H and O–H groups in total. The first kappa shape index (κ1) is 16.7. The molecule has 0 radical (unpaired) electrons. The lowest BCUT2D eigenvalue weighted by atomic mass is 10.1. The lowest BCUT2D eigenvalue weighted by Crippen LogP contribution is -2.55. The molecular formula is C16H24N2O4S. The molecule has 23 heavy (non-hydrogen) atoms. The Morgan fingerprint density at radius 1 is 1.39 bits per heavy atom. The third kappa shape index (κ3) is 3.67. The van der Waals surface area contributed by atoms with Gasteiger partial charge < -0.3 is 9.47 Å². The van der Waals surface area contributed by atoms with Crippen LogP contribution in [0.15, 0.2) is 24.4 Å².